The third-order valence-electron chi connectivity index (χ3n) is 7.30. The lowest BCUT2D eigenvalue weighted by molar-refractivity contribution is -0.145. The summed E-state index contributed by atoms with van der Waals surface area (Å²) in [6.45, 7) is 3.11. The van der Waals surface area contributed by atoms with E-state index in [1.807, 2.05) is 27.1 Å². The minimum Gasteiger partial charge on any atom is -0.492 e. The fourth-order valence-corrected chi connectivity index (χ4v) is 5.31. The maximum absolute atomic E-state index is 15.1. The third kappa shape index (κ3) is 7.56. The molecule has 1 amide bonds. The summed E-state index contributed by atoms with van der Waals surface area (Å²) in [4.78, 5) is 32.3. The molecule has 0 bridgehead atoms. The van der Waals surface area contributed by atoms with Crippen LogP contribution in [0.4, 0.5) is 4.39 Å². The first-order valence-electron chi connectivity index (χ1n) is 13.5. The van der Waals surface area contributed by atoms with Gasteiger partial charge in [0, 0.05) is 23.2 Å². The summed E-state index contributed by atoms with van der Waals surface area (Å²) >= 11 is 6.43. The van der Waals surface area contributed by atoms with Gasteiger partial charge >= 0.3 is 5.97 Å². The number of hydrogen-bond donors (Lipinski definition) is 2. The van der Waals surface area contributed by atoms with E-state index in [1.165, 1.54) is 12.1 Å². The number of aryl methyl sites for hydroxylation is 1. The lowest BCUT2D eigenvalue weighted by Crippen LogP contribution is -2.55. The predicted molar refractivity (Wildman–Crippen MR) is 162 cm³/mol. The maximum atomic E-state index is 15.1. The number of ether oxygens (including phenoxy) is 1. The summed E-state index contributed by atoms with van der Waals surface area (Å²) in [7, 11) is 3.97. The second-order valence-corrected chi connectivity index (χ2v) is 11.0. The number of aromatic nitrogens is 1. The van der Waals surface area contributed by atoms with E-state index in [0.29, 0.717) is 58.2 Å². The average Bonchev–Trinajstić information content (AvgIpc) is 2.92. The van der Waals surface area contributed by atoms with Crippen LogP contribution in [0.3, 0.4) is 0 Å². The van der Waals surface area contributed by atoms with Crippen molar-refractivity contribution in [2.75, 3.05) is 27.2 Å². The van der Waals surface area contributed by atoms with E-state index < -0.39 is 23.2 Å². The maximum Gasteiger partial charge on any atom is 0.329 e. The summed E-state index contributed by atoms with van der Waals surface area (Å²) in [6, 6.07) is 13.2. The Labute approximate surface area is 251 Å². The van der Waals surface area contributed by atoms with Crippen molar-refractivity contribution in [2.24, 2.45) is 0 Å². The lowest BCUT2D eigenvalue weighted by Gasteiger charge is -2.33. The molecule has 0 unspecified atom stereocenters. The summed E-state index contributed by atoms with van der Waals surface area (Å²) in [5.74, 6) is -1.59. The van der Waals surface area contributed by atoms with E-state index in [0.717, 1.165) is 32.2 Å². The summed E-state index contributed by atoms with van der Waals surface area (Å²) < 4.78 is 21.1. The molecule has 0 atom stereocenters. The van der Waals surface area contributed by atoms with Crippen molar-refractivity contribution >= 4 is 35.9 Å². The number of nitrogens with one attached hydrogen (secondary N) is 1. The van der Waals surface area contributed by atoms with Gasteiger partial charge in [-0.3, -0.25) is 4.79 Å². The summed E-state index contributed by atoms with van der Waals surface area (Å²) in [6.07, 6.45) is 3.89. The molecule has 0 radical (unpaired) electrons. The Balaban J connectivity index is 0.00000462. The Bertz CT molecular complexity index is 1370. The van der Waals surface area contributed by atoms with E-state index >= 15 is 4.39 Å². The molecule has 4 rings (SSSR count). The Hall–Kier alpha value is -3.20. The van der Waals surface area contributed by atoms with Crippen LogP contribution in [-0.2, 0) is 4.79 Å². The minimum atomic E-state index is -1.33. The van der Waals surface area contributed by atoms with Crippen LogP contribution in [0.2, 0.25) is 5.02 Å². The molecule has 2 aromatic carbocycles. The number of carbonyl (C=O) groups excluding carboxylic acids is 1. The second kappa shape index (κ2) is 14.1. The molecule has 10 heteroatoms. The summed E-state index contributed by atoms with van der Waals surface area (Å²) in [5, 5.41) is 13.1. The van der Waals surface area contributed by atoms with Gasteiger partial charge in [-0.2, -0.15) is 0 Å². The first-order chi connectivity index (χ1) is 19.1. The molecule has 0 saturated heterocycles. The fraction of sp³-hybridized carbons (Fsp3) is 0.387. The highest BCUT2D eigenvalue weighted by Gasteiger charge is 2.41. The van der Waals surface area contributed by atoms with Crippen LogP contribution in [0.5, 0.6) is 5.75 Å². The molecule has 0 spiro atoms. The van der Waals surface area contributed by atoms with E-state index in [2.05, 4.69) is 15.2 Å². The van der Waals surface area contributed by atoms with Crippen LogP contribution < -0.4 is 10.1 Å². The molecule has 1 heterocycles. The number of pyridine rings is 1. The Morgan fingerprint density at radius 3 is 2.51 bits per heavy atom. The van der Waals surface area contributed by atoms with Gasteiger partial charge in [-0.25, -0.2) is 14.2 Å². The normalized spacial score (nSPS) is 14.3. The van der Waals surface area contributed by atoms with Gasteiger partial charge < -0.3 is 20.1 Å². The van der Waals surface area contributed by atoms with Gasteiger partial charge in [0.25, 0.3) is 5.91 Å². The average molecular weight is 605 g/mol. The van der Waals surface area contributed by atoms with Crippen molar-refractivity contribution in [2.45, 2.75) is 51.0 Å². The number of nitrogens with zero attached hydrogens (tertiary/aromatic N) is 2. The highest BCUT2D eigenvalue weighted by atomic mass is 35.5. The van der Waals surface area contributed by atoms with E-state index in [1.54, 1.807) is 30.3 Å². The van der Waals surface area contributed by atoms with E-state index in [4.69, 9.17) is 16.3 Å². The number of carboxylic acid groups (broad SMARTS) is 1. The highest BCUT2D eigenvalue weighted by molar-refractivity contribution is 6.32. The molecule has 1 saturated carbocycles. The molecule has 1 aliphatic rings. The van der Waals surface area contributed by atoms with Crippen molar-refractivity contribution in [3.05, 3.63) is 70.6 Å². The Kier molecular flexibility index (Phi) is 11.1. The number of hydrogen-bond acceptors (Lipinski definition) is 5. The minimum absolute atomic E-state index is 0. The van der Waals surface area contributed by atoms with E-state index in [-0.39, 0.29) is 18.1 Å². The zero-order valence-corrected chi connectivity index (χ0v) is 25.1. The topological polar surface area (TPSA) is 91.8 Å². The third-order valence-corrected chi connectivity index (χ3v) is 7.61. The second-order valence-electron chi connectivity index (χ2n) is 10.6. The van der Waals surface area contributed by atoms with Crippen molar-refractivity contribution in [1.29, 1.82) is 0 Å². The summed E-state index contributed by atoms with van der Waals surface area (Å²) in [5.41, 5.74) is 1.25. The molecule has 1 aliphatic carbocycles. The highest BCUT2D eigenvalue weighted by Crippen LogP contribution is 2.38. The molecule has 1 fully saturated rings. The number of benzene rings is 2. The first kappa shape index (κ1) is 32.3. The SMILES string of the molecule is Cc1cccc(F)c1-c1ccc(C(=O)NC2(C(=O)O)CCCCC2)nc1-c1ccc(Cl)c(OCCCN(C)C)c1.Cl. The first-order valence-corrected chi connectivity index (χ1v) is 13.9. The molecule has 3 aromatic rings. The number of halogens is 3. The Morgan fingerprint density at radius 2 is 1.85 bits per heavy atom. The molecular formula is C31H36Cl2FN3O4. The molecular weight excluding hydrogens is 568 g/mol. The molecule has 41 heavy (non-hydrogen) atoms. The van der Waals surface area contributed by atoms with Crippen molar-refractivity contribution < 1.29 is 23.8 Å². The fourth-order valence-electron chi connectivity index (χ4n) is 5.13. The zero-order valence-electron chi connectivity index (χ0n) is 23.5. The van der Waals surface area contributed by atoms with Gasteiger partial charge in [0.05, 0.1) is 17.3 Å². The van der Waals surface area contributed by atoms with Crippen LogP contribution in [0, 0.1) is 12.7 Å². The number of carboxylic acids is 1. The molecule has 220 valence electrons. The van der Waals surface area contributed by atoms with Crippen LogP contribution >= 0.6 is 24.0 Å². The number of carbonyl (C=O) groups is 2. The van der Waals surface area contributed by atoms with Crippen molar-refractivity contribution in [3.8, 4) is 28.1 Å². The monoisotopic (exact) mass is 603 g/mol. The molecule has 2 N–H and O–H groups in total. The largest absolute Gasteiger partial charge is 0.492 e. The number of amides is 1. The molecule has 1 aromatic heterocycles. The van der Waals surface area contributed by atoms with E-state index in [9.17, 15) is 14.7 Å². The van der Waals surface area contributed by atoms with Crippen LogP contribution in [0.1, 0.15) is 54.6 Å². The molecule has 0 aliphatic heterocycles. The quantitative estimate of drug-likeness (QED) is 0.248. The van der Waals surface area contributed by atoms with Crippen LogP contribution in [0.15, 0.2) is 48.5 Å². The van der Waals surface area contributed by atoms with Crippen LogP contribution in [-0.4, -0.2) is 59.7 Å². The van der Waals surface area contributed by atoms with Gasteiger partial charge in [-0.05, 0) is 76.2 Å². The van der Waals surface area contributed by atoms with Crippen molar-refractivity contribution in [3.63, 3.8) is 0 Å². The predicted octanol–water partition coefficient (Wildman–Crippen LogP) is 6.79. The van der Waals surface area contributed by atoms with Crippen molar-refractivity contribution in [1.82, 2.24) is 15.2 Å². The smallest absolute Gasteiger partial charge is 0.329 e. The number of rotatable bonds is 10. The van der Waals surface area contributed by atoms with Gasteiger partial charge in [0.2, 0.25) is 0 Å². The van der Waals surface area contributed by atoms with Gasteiger partial charge in [0.1, 0.15) is 22.8 Å². The standard InChI is InChI=1S/C31H35ClFN3O4.ClH/c1-20-9-7-10-24(33)27(20)22-12-14-25(29(37)35-31(30(38)39)15-5-4-6-16-31)34-28(22)21-11-13-23(32)26(19-21)40-18-8-17-36(2)3;/h7,9-14,19H,4-6,8,15-18H2,1-3H3,(H,35,37)(H,38,39);1H. The lowest BCUT2D eigenvalue weighted by atomic mass is 9.81. The van der Waals surface area contributed by atoms with Gasteiger partial charge in [0.15, 0.2) is 0 Å². The zero-order chi connectivity index (χ0) is 28.9. The molecule has 7 nitrogen and oxygen atoms in total. The Morgan fingerprint density at radius 1 is 1.12 bits per heavy atom. The van der Waals surface area contributed by atoms with Crippen LogP contribution in [0.25, 0.3) is 22.4 Å². The number of aliphatic carboxylic acids is 1. The van der Waals surface area contributed by atoms with Gasteiger partial charge in [-0.1, -0.05) is 49.1 Å². The van der Waals surface area contributed by atoms with Gasteiger partial charge in [-0.15, -0.1) is 12.4 Å².